The Kier molecular flexibility index (Phi) is 7.83. The summed E-state index contributed by atoms with van der Waals surface area (Å²) in [5.74, 6) is 1.68. The third-order valence-corrected chi connectivity index (χ3v) is 6.13. The lowest BCUT2D eigenvalue weighted by molar-refractivity contribution is 0.257. The van der Waals surface area contributed by atoms with Crippen molar-refractivity contribution in [2.75, 3.05) is 49.5 Å². The number of pyridine rings is 1. The molecule has 1 N–H and O–H groups in total. The zero-order valence-corrected chi connectivity index (χ0v) is 19.8. The zero-order chi connectivity index (χ0) is 22.5. The number of halogens is 1. The molecule has 3 heterocycles. The molecule has 0 radical (unpaired) electrons. The predicted octanol–water partition coefficient (Wildman–Crippen LogP) is 4.90. The second kappa shape index (κ2) is 11.2. The van der Waals surface area contributed by atoms with E-state index in [1.54, 1.807) is 0 Å². The monoisotopic (exact) mass is 476 g/mol. The number of piperazine rings is 1. The van der Waals surface area contributed by atoms with Crippen molar-refractivity contribution in [1.82, 2.24) is 9.88 Å². The van der Waals surface area contributed by atoms with Gasteiger partial charge >= 0.3 is 5.63 Å². The van der Waals surface area contributed by atoms with Crippen LogP contribution >= 0.6 is 12.4 Å². The van der Waals surface area contributed by atoms with Crippen LogP contribution in [0.5, 0.6) is 0 Å². The molecule has 4 aromatic rings. The molecule has 2 aromatic carbocycles. The maximum Gasteiger partial charge on any atom is 0.338 e. The molecule has 0 unspecified atom stereocenters. The Bertz CT molecular complexity index is 1270. The average molecular weight is 477 g/mol. The quantitative estimate of drug-likeness (QED) is 0.383. The van der Waals surface area contributed by atoms with E-state index in [0.29, 0.717) is 5.76 Å². The first kappa shape index (κ1) is 23.8. The predicted molar refractivity (Wildman–Crippen MR) is 141 cm³/mol. The fourth-order valence-electron chi connectivity index (χ4n) is 4.40. The molecule has 2 aromatic heterocycles. The summed E-state index contributed by atoms with van der Waals surface area (Å²) in [4.78, 5) is 21.5. The van der Waals surface area contributed by atoms with Crippen molar-refractivity contribution < 1.29 is 4.42 Å². The highest BCUT2D eigenvalue weighted by Gasteiger charge is 2.19. The number of anilines is 2. The van der Waals surface area contributed by atoms with Gasteiger partial charge in [-0.25, -0.2) is 9.78 Å². The van der Waals surface area contributed by atoms with Gasteiger partial charge in [-0.3, -0.25) is 4.90 Å². The number of hydrogen-bond donors (Lipinski definition) is 1. The van der Waals surface area contributed by atoms with Gasteiger partial charge in [-0.05, 0) is 24.4 Å². The van der Waals surface area contributed by atoms with Gasteiger partial charge in [0.25, 0.3) is 0 Å². The second-order valence-electron chi connectivity index (χ2n) is 8.36. The maximum atomic E-state index is 12.0. The van der Waals surface area contributed by atoms with Crippen molar-refractivity contribution in [2.24, 2.45) is 0 Å². The van der Waals surface area contributed by atoms with Gasteiger partial charge in [0, 0.05) is 67.7 Å². The molecule has 0 amide bonds. The Morgan fingerprint density at radius 2 is 1.68 bits per heavy atom. The van der Waals surface area contributed by atoms with Crippen LogP contribution < -0.4 is 15.8 Å². The van der Waals surface area contributed by atoms with Crippen LogP contribution in [0.1, 0.15) is 6.42 Å². The summed E-state index contributed by atoms with van der Waals surface area (Å²) >= 11 is 0. The van der Waals surface area contributed by atoms with Crippen molar-refractivity contribution in [3.8, 4) is 11.3 Å². The van der Waals surface area contributed by atoms with E-state index >= 15 is 0 Å². The van der Waals surface area contributed by atoms with Crippen LogP contribution in [-0.4, -0.2) is 49.2 Å². The van der Waals surface area contributed by atoms with Gasteiger partial charge in [0.15, 0.2) is 0 Å². The Labute approximate surface area is 205 Å². The van der Waals surface area contributed by atoms with Crippen molar-refractivity contribution in [2.45, 2.75) is 6.42 Å². The minimum atomic E-state index is -0.336. The topological polar surface area (TPSA) is 61.6 Å². The highest BCUT2D eigenvalue weighted by atomic mass is 35.5. The van der Waals surface area contributed by atoms with E-state index in [1.165, 1.54) is 16.8 Å². The van der Waals surface area contributed by atoms with Gasteiger partial charge < -0.3 is 14.6 Å². The van der Waals surface area contributed by atoms with E-state index in [0.717, 1.165) is 62.8 Å². The smallest absolute Gasteiger partial charge is 0.338 e. The number of aromatic nitrogens is 1. The average Bonchev–Trinajstić information content (AvgIpc) is 2.87. The summed E-state index contributed by atoms with van der Waals surface area (Å²) in [6, 6.07) is 23.6. The van der Waals surface area contributed by atoms with Crippen molar-refractivity contribution >= 4 is 34.7 Å². The number of nitrogens with zero attached hydrogens (tertiary/aromatic N) is 3. The van der Waals surface area contributed by atoms with Crippen LogP contribution in [0.25, 0.3) is 22.1 Å². The molecule has 34 heavy (non-hydrogen) atoms. The normalized spacial score (nSPS) is 14.1. The van der Waals surface area contributed by atoms with Gasteiger partial charge in [0.05, 0.1) is 0 Å². The molecule has 0 aliphatic carbocycles. The molecule has 6 nitrogen and oxygen atoms in total. The molecule has 1 aliphatic heterocycles. The van der Waals surface area contributed by atoms with Crippen LogP contribution in [0, 0.1) is 0 Å². The second-order valence-corrected chi connectivity index (χ2v) is 8.36. The van der Waals surface area contributed by atoms with Crippen molar-refractivity contribution in [3.63, 3.8) is 0 Å². The van der Waals surface area contributed by atoms with Crippen LogP contribution in [-0.2, 0) is 0 Å². The van der Waals surface area contributed by atoms with E-state index in [1.807, 2.05) is 42.6 Å². The van der Waals surface area contributed by atoms with E-state index in [9.17, 15) is 4.79 Å². The Balaban J connectivity index is 0.00000274. The molecule has 1 fully saturated rings. The van der Waals surface area contributed by atoms with Gasteiger partial charge in [-0.15, -0.1) is 12.4 Å². The fourth-order valence-corrected chi connectivity index (χ4v) is 4.40. The third-order valence-electron chi connectivity index (χ3n) is 6.13. The van der Waals surface area contributed by atoms with Crippen molar-refractivity contribution in [3.05, 3.63) is 89.4 Å². The van der Waals surface area contributed by atoms with E-state index < -0.39 is 0 Å². The first-order valence-electron chi connectivity index (χ1n) is 11.5. The van der Waals surface area contributed by atoms with Gasteiger partial charge in [0.1, 0.15) is 11.6 Å². The molecule has 1 aliphatic rings. The highest BCUT2D eigenvalue weighted by Crippen LogP contribution is 2.25. The molecule has 7 heteroatoms. The molecule has 0 bridgehead atoms. The maximum absolute atomic E-state index is 12.0. The summed E-state index contributed by atoms with van der Waals surface area (Å²) in [6.07, 6.45) is 2.91. The lowest BCUT2D eigenvalue weighted by atomic mass is 10.1. The first-order valence-corrected chi connectivity index (χ1v) is 11.5. The third kappa shape index (κ3) is 5.58. The largest absolute Gasteiger partial charge is 0.423 e. The summed E-state index contributed by atoms with van der Waals surface area (Å²) in [5.41, 5.74) is 1.37. The first-order chi connectivity index (χ1) is 16.3. The summed E-state index contributed by atoms with van der Waals surface area (Å²) < 4.78 is 5.37. The number of rotatable bonds is 7. The fraction of sp³-hybridized carbons (Fsp3) is 0.259. The summed E-state index contributed by atoms with van der Waals surface area (Å²) in [7, 11) is 0. The van der Waals surface area contributed by atoms with E-state index in [-0.39, 0.29) is 18.0 Å². The molecular formula is C27H29ClN4O2. The molecule has 0 saturated carbocycles. The van der Waals surface area contributed by atoms with Gasteiger partial charge in [0.2, 0.25) is 0 Å². The van der Waals surface area contributed by atoms with Crippen molar-refractivity contribution in [1.29, 1.82) is 0 Å². The molecule has 176 valence electrons. The molecular weight excluding hydrogens is 448 g/mol. The SMILES string of the molecule is Cl.O=c1cc(NCCCN2CCN(c3nccc4ccccc34)CC2)cc(-c2ccccc2)o1. The minimum absolute atomic E-state index is 0. The lowest BCUT2D eigenvalue weighted by Crippen LogP contribution is -2.47. The highest BCUT2D eigenvalue weighted by molar-refractivity contribution is 5.92. The minimum Gasteiger partial charge on any atom is -0.423 e. The number of fused-ring (bicyclic) bond motifs is 1. The Morgan fingerprint density at radius 1 is 0.912 bits per heavy atom. The molecule has 0 atom stereocenters. The van der Waals surface area contributed by atoms with Crippen LogP contribution in [0.3, 0.4) is 0 Å². The molecule has 5 rings (SSSR count). The van der Waals surface area contributed by atoms with E-state index in [2.05, 4.69) is 50.4 Å². The van der Waals surface area contributed by atoms with Crippen LogP contribution in [0.15, 0.2) is 88.2 Å². The summed E-state index contributed by atoms with van der Waals surface area (Å²) in [6.45, 7) is 5.85. The Hall–Kier alpha value is -3.35. The molecule has 1 saturated heterocycles. The van der Waals surface area contributed by atoms with Gasteiger partial charge in [-0.1, -0.05) is 54.6 Å². The summed E-state index contributed by atoms with van der Waals surface area (Å²) in [5, 5.41) is 5.84. The number of nitrogens with one attached hydrogen (secondary N) is 1. The van der Waals surface area contributed by atoms with Gasteiger partial charge in [-0.2, -0.15) is 0 Å². The Morgan fingerprint density at radius 3 is 2.50 bits per heavy atom. The number of benzene rings is 2. The van der Waals surface area contributed by atoms with E-state index in [4.69, 9.17) is 4.42 Å². The number of hydrogen-bond acceptors (Lipinski definition) is 6. The lowest BCUT2D eigenvalue weighted by Gasteiger charge is -2.35. The standard InChI is InChI=1S/C27H28N4O2.ClH/c32-26-20-23(19-25(33-26)22-8-2-1-3-9-22)28-12-6-14-30-15-17-31(18-16-30)27-24-10-5-4-7-21(24)11-13-29-27;/h1-5,7-11,13,19-20,28H,6,12,14-18H2;1H. The molecule has 0 spiro atoms. The zero-order valence-electron chi connectivity index (χ0n) is 19.0. The van der Waals surface area contributed by atoms with Crippen LogP contribution in [0.2, 0.25) is 0 Å². The van der Waals surface area contributed by atoms with Crippen LogP contribution in [0.4, 0.5) is 11.5 Å².